The first-order valence-electron chi connectivity index (χ1n) is 3.73. The van der Waals surface area contributed by atoms with Gasteiger partial charge in [-0.15, -0.1) is 16.4 Å². The second-order valence-corrected chi connectivity index (χ2v) is 5.53. The van der Waals surface area contributed by atoms with Gasteiger partial charge < -0.3 is 0 Å². The normalized spacial score (nSPS) is 11.2. The largest absolute Gasteiger partial charge is 0.243 e. The second-order valence-electron chi connectivity index (χ2n) is 2.58. The van der Waals surface area contributed by atoms with Crippen LogP contribution in [0.25, 0.3) is 16.3 Å². The predicted molar refractivity (Wildman–Crippen MR) is 59.7 cm³/mol. The number of thiazole rings is 1. The Morgan fingerprint density at radius 3 is 3.00 bits per heavy atom. The van der Waals surface area contributed by atoms with E-state index in [1.807, 2.05) is 11.6 Å². The van der Waals surface area contributed by atoms with Crippen LogP contribution in [-0.4, -0.2) is 19.6 Å². The van der Waals surface area contributed by atoms with Crippen molar-refractivity contribution in [1.82, 2.24) is 19.6 Å². The minimum atomic E-state index is 0.838. The zero-order chi connectivity index (χ0) is 9.54. The maximum Gasteiger partial charge on any atom is 0.213 e. The third kappa shape index (κ3) is 1.28. The summed E-state index contributed by atoms with van der Waals surface area (Å²) >= 11 is 6.38. The van der Waals surface area contributed by atoms with Crippen molar-refractivity contribution < 1.29 is 0 Å². The summed E-state index contributed by atoms with van der Waals surface area (Å²) in [6.45, 7) is 0. The van der Waals surface area contributed by atoms with E-state index in [0.717, 1.165) is 20.3 Å². The van der Waals surface area contributed by atoms with Gasteiger partial charge in [0.15, 0.2) is 3.92 Å². The van der Waals surface area contributed by atoms with Gasteiger partial charge in [-0.3, -0.25) is 0 Å². The number of hydrogen-bond donors (Lipinski definition) is 0. The molecule has 0 unspecified atom stereocenters. The molecule has 0 amide bonds. The van der Waals surface area contributed by atoms with E-state index in [9.17, 15) is 0 Å². The fraction of sp³-hybridized carbons (Fsp3) is 0. The van der Waals surface area contributed by atoms with Gasteiger partial charge in [0.1, 0.15) is 11.4 Å². The zero-order valence-electron chi connectivity index (χ0n) is 6.72. The molecule has 0 bridgehead atoms. The highest BCUT2D eigenvalue weighted by atomic mass is 79.9. The van der Waals surface area contributed by atoms with Crippen molar-refractivity contribution in [2.75, 3.05) is 0 Å². The summed E-state index contributed by atoms with van der Waals surface area (Å²) < 4.78 is 2.59. The molecule has 0 radical (unpaired) electrons. The van der Waals surface area contributed by atoms with E-state index in [1.165, 1.54) is 11.3 Å². The van der Waals surface area contributed by atoms with Crippen LogP contribution in [-0.2, 0) is 0 Å². The molecule has 0 aromatic carbocycles. The number of halogens is 1. The molecule has 0 spiro atoms. The van der Waals surface area contributed by atoms with Crippen LogP contribution in [0, 0.1) is 0 Å². The lowest BCUT2D eigenvalue weighted by atomic mass is 10.4. The van der Waals surface area contributed by atoms with Crippen LogP contribution < -0.4 is 0 Å². The Morgan fingerprint density at radius 1 is 1.36 bits per heavy atom. The Balaban J connectivity index is 2.20. The van der Waals surface area contributed by atoms with Crippen LogP contribution in [0.3, 0.4) is 0 Å². The van der Waals surface area contributed by atoms with E-state index in [-0.39, 0.29) is 0 Å². The van der Waals surface area contributed by atoms with Crippen molar-refractivity contribution in [1.29, 1.82) is 0 Å². The molecular weight excluding hydrogens is 284 g/mol. The summed E-state index contributed by atoms with van der Waals surface area (Å²) in [5.41, 5.74) is 3.58. The summed E-state index contributed by atoms with van der Waals surface area (Å²) in [4.78, 5) is 9.48. The third-order valence-electron chi connectivity index (χ3n) is 1.71. The Labute approximate surface area is 95.4 Å². The first-order chi connectivity index (χ1) is 6.83. The number of fused-ring (bicyclic) bond motifs is 1. The Hall–Kier alpha value is -0.790. The number of rotatable bonds is 1. The summed E-state index contributed by atoms with van der Waals surface area (Å²) in [6.07, 6.45) is 1.88. The van der Waals surface area contributed by atoms with Gasteiger partial charge in [-0.2, -0.15) is 0 Å². The topological polar surface area (TPSA) is 43.1 Å². The van der Waals surface area contributed by atoms with Crippen LogP contribution in [0.4, 0.5) is 0 Å². The first-order valence-corrected chi connectivity index (χ1v) is 6.28. The third-order valence-corrected chi connectivity index (χ3v) is 3.65. The molecule has 4 nitrogen and oxygen atoms in total. The molecule has 3 aromatic rings. The van der Waals surface area contributed by atoms with Gasteiger partial charge in [0.25, 0.3) is 0 Å². The van der Waals surface area contributed by atoms with Gasteiger partial charge in [0.2, 0.25) is 4.96 Å². The molecule has 70 valence electrons. The van der Waals surface area contributed by atoms with Gasteiger partial charge in [-0.1, -0.05) is 11.3 Å². The fourth-order valence-electron chi connectivity index (χ4n) is 1.14. The van der Waals surface area contributed by atoms with Crippen LogP contribution in [0.1, 0.15) is 0 Å². The average Bonchev–Trinajstić information content (AvgIpc) is 2.74. The Morgan fingerprint density at radius 2 is 2.29 bits per heavy atom. The van der Waals surface area contributed by atoms with Crippen molar-refractivity contribution in [2.24, 2.45) is 0 Å². The minimum Gasteiger partial charge on any atom is -0.243 e. The van der Waals surface area contributed by atoms with Gasteiger partial charge in [-0.05, 0) is 15.9 Å². The average molecular weight is 287 g/mol. The quantitative estimate of drug-likeness (QED) is 0.691. The molecule has 0 atom stereocenters. The standard InChI is InChI=1S/C7H3BrN4S2/c8-6-11-12-1-4(10-7(12)14-6)5-2-13-3-9-5/h1-3H. The first kappa shape index (κ1) is 8.51. The monoisotopic (exact) mass is 286 g/mol. The van der Waals surface area contributed by atoms with E-state index in [0.29, 0.717) is 0 Å². The molecule has 3 rings (SSSR count). The van der Waals surface area contributed by atoms with Crippen molar-refractivity contribution in [3.8, 4) is 11.4 Å². The van der Waals surface area contributed by atoms with E-state index in [2.05, 4.69) is 31.0 Å². The molecule has 7 heteroatoms. The fourth-order valence-corrected chi connectivity index (χ4v) is 2.90. The van der Waals surface area contributed by atoms with Crippen LogP contribution in [0.15, 0.2) is 21.0 Å². The lowest BCUT2D eigenvalue weighted by Gasteiger charge is -1.83. The van der Waals surface area contributed by atoms with Crippen LogP contribution in [0.5, 0.6) is 0 Å². The number of nitrogens with zero attached hydrogens (tertiary/aromatic N) is 4. The summed E-state index contributed by atoms with van der Waals surface area (Å²) in [5, 5.41) is 6.18. The molecule has 0 aliphatic carbocycles. The second kappa shape index (κ2) is 3.11. The Kier molecular flexibility index (Phi) is 1.89. The van der Waals surface area contributed by atoms with Gasteiger partial charge in [0, 0.05) is 5.38 Å². The number of hydrogen-bond acceptors (Lipinski definition) is 5. The van der Waals surface area contributed by atoms with Gasteiger partial charge in [0.05, 0.1) is 11.7 Å². The van der Waals surface area contributed by atoms with Crippen LogP contribution in [0.2, 0.25) is 0 Å². The van der Waals surface area contributed by atoms with Gasteiger partial charge in [-0.25, -0.2) is 14.5 Å². The molecule has 0 fully saturated rings. The van der Waals surface area contributed by atoms with E-state index >= 15 is 0 Å². The van der Waals surface area contributed by atoms with E-state index < -0.39 is 0 Å². The zero-order valence-corrected chi connectivity index (χ0v) is 9.93. The highest BCUT2D eigenvalue weighted by Crippen LogP contribution is 2.23. The van der Waals surface area contributed by atoms with Gasteiger partial charge >= 0.3 is 0 Å². The van der Waals surface area contributed by atoms with E-state index in [4.69, 9.17) is 0 Å². The number of imidazole rings is 1. The van der Waals surface area contributed by atoms with Crippen molar-refractivity contribution in [3.05, 3.63) is 21.0 Å². The lowest BCUT2D eigenvalue weighted by molar-refractivity contribution is 0.959. The van der Waals surface area contributed by atoms with Crippen molar-refractivity contribution in [3.63, 3.8) is 0 Å². The summed E-state index contributed by atoms with van der Waals surface area (Å²) in [5.74, 6) is 0. The summed E-state index contributed by atoms with van der Waals surface area (Å²) in [6, 6.07) is 0. The predicted octanol–water partition coefficient (Wildman–Crippen LogP) is 2.68. The molecule has 14 heavy (non-hydrogen) atoms. The maximum absolute atomic E-state index is 4.41. The molecule has 3 heterocycles. The molecule has 3 aromatic heterocycles. The van der Waals surface area contributed by atoms with Crippen LogP contribution >= 0.6 is 38.6 Å². The maximum atomic E-state index is 4.41. The summed E-state index contributed by atoms with van der Waals surface area (Å²) in [7, 11) is 0. The molecule has 0 saturated heterocycles. The molecule has 0 N–H and O–H groups in total. The Bertz CT molecular complexity index is 536. The minimum absolute atomic E-state index is 0.838. The van der Waals surface area contributed by atoms with E-state index in [1.54, 1.807) is 21.4 Å². The molecule has 0 saturated carbocycles. The highest BCUT2D eigenvalue weighted by molar-refractivity contribution is 9.11. The smallest absolute Gasteiger partial charge is 0.213 e. The molecule has 0 aliphatic rings. The lowest BCUT2D eigenvalue weighted by Crippen LogP contribution is -1.78. The number of aromatic nitrogens is 4. The van der Waals surface area contributed by atoms with Crippen molar-refractivity contribution >= 4 is 43.6 Å². The molecule has 0 aliphatic heterocycles. The van der Waals surface area contributed by atoms with Crippen molar-refractivity contribution in [2.45, 2.75) is 0 Å². The molecular formula is C7H3BrN4S2. The highest BCUT2D eigenvalue weighted by Gasteiger charge is 2.08. The SMILES string of the molecule is Brc1nn2cc(-c3cscn3)nc2s1.